The summed E-state index contributed by atoms with van der Waals surface area (Å²) in [5.74, 6) is -2.98. The van der Waals surface area contributed by atoms with Gasteiger partial charge >= 0.3 is 5.69 Å². The second-order valence-electron chi connectivity index (χ2n) is 9.01. The first-order valence-electron chi connectivity index (χ1n) is 11.9. The lowest BCUT2D eigenvalue weighted by molar-refractivity contribution is -0.124. The van der Waals surface area contributed by atoms with Crippen LogP contribution in [0.25, 0.3) is 0 Å². The van der Waals surface area contributed by atoms with E-state index in [0.717, 1.165) is 17.4 Å². The fraction of sp³-hybridized carbons (Fsp3) is 0.308. The van der Waals surface area contributed by atoms with Crippen LogP contribution in [0.5, 0.6) is 0 Å². The summed E-state index contributed by atoms with van der Waals surface area (Å²) in [4.78, 5) is 53.7. The van der Waals surface area contributed by atoms with Crippen LogP contribution in [0.4, 0.5) is 14.6 Å². The van der Waals surface area contributed by atoms with Crippen molar-refractivity contribution in [3.8, 4) is 0 Å². The SMILES string of the molecule is NC(=O)C1CCCCN1CC(=O)c1c(N)n(Cc2ccccc2F)c(=O)n(Cc2ccccc2F)c1=O. The molecule has 4 rings (SSSR count). The molecule has 1 unspecified atom stereocenters. The number of amides is 1. The van der Waals surface area contributed by atoms with Gasteiger partial charge in [-0.05, 0) is 31.5 Å². The van der Waals surface area contributed by atoms with E-state index in [0.29, 0.717) is 17.5 Å². The second-order valence-corrected chi connectivity index (χ2v) is 9.01. The summed E-state index contributed by atoms with van der Waals surface area (Å²) in [6.45, 7) is -0.735. The van der Waals surface area contributed by atoms with E-state index >= 15 is 0 Å². The molecule has 4 N–H and O–H groups in total. The van der Waals surface area contributed by atoms with Crippen molar-refractivity contribution in [2.45, 2.75) is 38.4 Å². The Bertz CT molecular complexity index is 1470. The van der Waals surface area contributed by atoms with Gasteiger partial charge in [0.05, 0.1) is 25.7 Å². The molecule has 37 heavy (non-hydrogen) atoms. The Kier molecular flexibility index (Phi) is 7.63. The van der Waals surface area contributed by atoms with Crippen molar-refractivity contribution in [3.05, 3.63) is 97.7 Å². The highest BCUT2D eigenvalue weighted by Gasteiger charge is 2.31. The lowest BCUT2D eigenvalue weighted by Gasteiger charge is -2.33. The van der Waals surface area contributed by atoms with Crippen molar-refractivity contribution in [2.75, 3.05) is 18.8 Å². The van der Waals surface area contributed by atoms with Crippen molar-refractivity contribution >= 4 is 17.5 Å². The molecule has 3 aromatic rings. The van der Waals surface area contributed by atoms with E-state index in [2.05, 4.69) is 0 Å². The molecule has 0 spiro atoms. The summed E-state index contributed by atoms with van der Waals surface area (Å²) in [7, 11) is 0. The van der Waals surface area contributed by atoms with E-state index in [-0.39, 0.29) is 24.2 Å². The van der Waals surface area contributed by atoms with E-state index in [1.807, 2.05) is 0 Å². The van der Waals surface area contributed by atoms with Gasteiger partial charge in [-0.25, -0.2) is 13.6 Å². The highest BCUT2D eigenvalue weighted by Crippen LogP contribution is 2.19. The first kappa shape index (κ1) is 26.0. The predicted octanol–water partition coefficient (Wildman–Crippen LogP) is 1.49. The van der Waals surface area contributed by atoms with Gasteiger partial charge in [-0.2, -0.15) is 0 Å². The number of nitrogens with zero attached hydrogens (tertiary/aromatic N) is 3. The first-order valence-corrected chi connectivity index (χ1v) is 11.9. The average Bonchev–Trinajstić information content (AvgIpc) is 2.86. The maximum absolute atomic E-state index is 14.4. The Balaban J connectivity index is 1.83. The summed E-state index contributed by atoms with van der Waals surface area (Å²) in [5, 5.41) is 0. The summed E-state index contributed by atoms with van der Waals surface area (Å²) in [6, 6.07) is 10.6. The normalized spacial score (nSPS) is 16.0. The molecule has 0 saturated carbocycles. The number of Topliss-reactive ketones (excluding diaryl/α,β-unsaturated/α-hetero) is 1. The Hall–Kier alpha value is -4.12. The lowest BCUT2D eigenvalue weighted by Crippen LogP contribution is -2.51. The standard InChI is InChI=1S/C26H27F2N5O4/c27-18-9-3-1-7-16(18)13-32-23(29)22(21(34)15-31-12-6-5-11-20(31)24(30)35)25(36)33(26(32)37)14-17-8-2-4-10-19(17)28/h1-4,7-10,20H,5-6,11-15,29H2,(H2,30,35). The minimum atomic E-state index is -0.992. The van der Waals surface area contributed by atoms with Crippen LogP contribution in [0, 0.1) is 11.6 Å². The van der Waals surface area contributed by atoms with E-state index in [1.165, 1.54) is 36.4 Å². The van der Waals surface area contributed by atoms with Crippen molar-refractivity contribution in [3.63, 3.8) is 0 Å². The summed E-state index contributed by atoms with van der Waals surface area (Å²) >= 11 is 0. The van der Waals surface area contributed by atoms with Gasteiger partial charge in [-0.15, -0.1) is 0 Å². The molecule has 0 aliphatic carbocycles. The smallest absolute Gasteiger partial charge is 0.333 e. The molecule has 1 atom stereocenters. The molecule has 1 saturated heterocycles. The van der Waals surface area contributed by atoms with Crippen LogP contribution in [-0.4, -0.2) is 44.9 Å². The zero-order valence-electron chi connectivity index (χ0n) is 20.0. The van der Waals surface area contributed by atoms with Crippen LogP contribution >= 0.6 is 0 Å². The molecule has 1 aromatic heterocycles. The van der Waals surface area contributed by atoms with Crippen molar-refractivity contribution < 1.29 is 18.4 Å². The fourth-order valence-electron chi connectivity index (χ4n) is 4.63. The Morgan fingerprint density at radius 2 is 1.46 bits per heavy atom. The molecule has 0 radical (unpaired) electrons. The topological polar surface area (TPSA) is 133 Å². The number of carbonyl (C=O) groups excluding carboxylic acids is 2. The number of hydrogen-bond donors (Lipinski definition) is 2. The van der Waals surface area contributed by atoms with Crippen LogP contribution in [0.15, 0.2) is 58.1 Å². The Morgan fingerprint density at radius 1 is 0.892 bits per heavy atom. The average molecular weight is 512 g/mol. The fourth-order valence-corrected chi connectivity index (χ4v) is 4.63. The van der Waals surface area contributed by atoms with Crippen molar-refractivity contribution in [2.24, 2.45) is 5.73 Å². The number of piperidine rings is 1. The molecule has 1 amide bonds. The van der Waals surface area contributed by atoms with Crippen molar-refractivity contribution in [1.82, 2.24) is 14.0 Å². The van der Waals surface area contributed by atoms with Gasteiger partial charge in [-0.1, -0.05) is 42.8 Å². The number of halogens is 2. The van der Waals surface area contributed by atoms with Gasteiger partial charge in [0.1, 0.15) is 23.0 Å². The quantitative estimate of drug-likeness (QED) is 0.440. The van der Waals surface area contributed by atoms with E-state index in [1.54, 1.807) is 17.0 Å². The van der Waals surface area contributed by atoms with Crippen LogP contribution in [0.1, 0.15) is 40.7 Å². The number of nitrogen functional groups attached to an aromatic ring is 1. The van der Waals surface area contributed by atoms with Gasteiger partial charge in [0.2, 0.25) is 5.91 Å². The molecule has 2 aromatic carbocycles. The number of rotatable bonds is 8. The van der Waals surface area contributed by atoms with Crippen LogP contribution < -0.4 is 22.7 Å². The Morgan fingerprint density at radius 3 is 2.03 bits per heavy atom. The second kappa shape index (κ2) is 10.9. The molecular weight excluding hydrogens is 484 g/mol. The molecule has 9 nitrogen and oxygen atoms in total. The van der Waals surface area contributed by atoms with Crippen LogP contribution in [0.3, 0.4) is 0 Å². The third kappa shape index (κ3) is 5.36. The number of benzene rings is 2. The Labute approximate surface area is 210 Å². The summed E-state index contributed by atoms with van der Waals surface area (Å²) < 4.78 is 30.4. The van der Waals surface area contributed by atoms with Gasteiger partial charge in [0.25, 0.3) is 5.56 Å². The largest absolute Gasteiger partial charge is 0.384 e. The van der Waals surface area contributed by atoms with E-state index < -0.39 is 58.5 Å². The number of anilines is 1. The predicted molar refractivity (Wildman–Crippen MR) is 133 cm³/mol. The molecule has 1 fully saturated rings. The van der Waals surface area contributed by atoms with Crippen LogP contribution in [0.2, 0.25) is 0 Å². The number of primary amides is 1. The third-order valence-corrected chi connectivity index (χ3v) is 6.61. The number of aromatic nitrogens is 2. The third-order valence-electron chi connectivity index (χ3n) is 6.61. The number of carbonyl (C=O) groups is 2. The number of likely N-dealkylation sites (tertiary alicyclic amines) is 1. The molecule has 0 bridgehead atoms. The number of nitrogens with two attached hydrogens (primary N) is 2. The van der Waals surface area contributed by atoms with E-state index in [4.69, 9.17) is 11.5 Å². The summed E-state index contributed by atoms with van der Waals surface area (Å²) in [6.07, 6.45) is 1.97. The van der Waals surface area contributed by atoms with Gasteiger partial charge < -0.3 is 11.5 Å². The molecule has 194 valence electrons. The minimum Gasteiger partial charge on any atom is -0.384 e. The first-order chi connectivity index (χ1) is 17.7. The van der Waals surface area contributed by atoms with Gasteiger partial charge in [0, 0.05) is 11.1 Å². The zero-order chi connectivity index (χ0) is 26.7. The molecule has 1 aliphatic heterocycles. The molecular formula is C26H27F2N5O4. The molecule has 2 heterocycles. The lowest BCUT2D eigenvalue weighted by atomic mass is 10.0. The van der Waals surface area contributed by atoms with Gasteiger partial charge in [-0.3, -0.25) is 28.4 Å². The van der Waals surface area contributed by atoms with Crippen LogP contribution in [-0.2, 0) is 17.9 Å². The number of hydrogen-bond acceptors (Lipinski definition) is 6. The monoisotopic (exact) mass is 511 g/mol. The molecule has 11 heteroatoms. The maximum atomic E-state index is 14.4. The highest BCUT2D eigenvalue weighted by atomic mass is 19.1. The van der Waals surface area contributed by atoms with Crippen molar-refractivity contribution in [1.29, 1.82) is 0 Å². The van der Waals surface area contributed by atoms with Gasteiger partial charge in [0.15, 0.2) is 5.78 Å². The zero-order valence-corrected chi connectivity index (χ0v) is 20.0. The highest BCUT2D eigenvalue weighted by molar-refractivity contribution is 6.01. The maximum Gasteiger partial charge on any atom is 0.333 e. The van der Waals surface area contributed by atoms with E-state index in [9.17, 15) is 28.0 Å². The molecule has 1 aliphatic rings. The summed E-state index contributed by atoms with van der Waals surface area (Å²) in [5.41, 5.74) is 9.46. The minimum absolute atomic E-state index is 0.0483. The number of ketones is 1.